The average molecular weight is 166 g/mol. The first-order valence-electron chi connectivity index (χ1n) is 4.46. The molecule has 0 aromatic carbocycles. The van der Waals surface area contributed by atoms with Crippen LogP contribution in [0, 0.1) is 0 Å². The predicted octanol–water partition coefficient (Wildman–Crippen LogP) is 1.44. The van der Waals surface area contributed by atoms with Crippen LogP contribution in [0.1, 0.15) is 37.1 Å². The van der Waals surface area contributed by atoms with Crippen LogP contribution in [-0.2, 0) is 13.0 Å². The highest BCUT2D eigenvalue weighted by Crippen LogP contribution is 2.20. The van der Waals surface area contributed by atoms with Gasteiger partial charge in [-0.25, -0.2) is 4.98 Å². The van der Waals surface area contributed by atoms with Crippen molar-refractivity contribution in [3.63, 3.8) is 0 Å². The van der Waals surface area contributed by atoms with E-state index in [-0.39, 0.29) is 0 Å². The highest BCUT2D eigenvalue weighted by molar-refractivity contribution is 5.14. The molecular weight excluding hydrogens is 152 g/mol. The second kappa shape index (κ2) is 2.90. The third-order valence-corrected chi connectivity index (χ3v) is 2.11. The van der Waals surface area contributed by atoms with Crippen molar-refractivity contribution in [1.29, 1.82) is 0 Å². The van der Waals surface area contributed by atoms with Gasteiger partial charge in [-0.2, -0.15) is 0 Å². The Morgan fingerprint density at radius 3 is 3.00 bits per heavy atom. The zero-order valence-corrected chi connectivity index (χ0v) is 7.55. The van der Waals surface area contributed by atoms with Crippen molar-refractivity contribution < 1.29 is 4.42 Å². The molecule has 2 rings (SSSR count). The van der Waals surface area contributed by atoms with E-state index in [1.54, 1.807) is 0 Å². The number of rotatable bonds is 1. The Kier molecular flexibility index (Phi) is 1.89. The second-order valence-corrected chi connectivity index (χ2v) is 3.50. The number of nitrogens with zero attached hydrogens (tertiary/aromatic N) is 1. The summed E-state index contributed by atoms with van der Waals surface area (Å²) in [6.07, 6.45) is 0.981. The second-order valence-electron chi connectivity index (χ2n) is 3.50. The van der Waals surface area contributed by atoms with Gasteiger partial charge in [0.1, 0.15) is 5.76 Å². The zero-order chi connectivity index (χ0) is 8.55. The molecule has 2 heterocycles. The molecule has 0 bridgehead atoms. The van der Waals surface area contributed by atoms with Crippen LogP contribution < -0.4 is 5.32 Å². The van der Waals surface area contributed by atoms with E-state index in [1.165, 1.54) is 0 Å². The molecule has 0 saturated heterocycles. The van der Waals surface area contributed by atoms with Crippen molar-refractivity contribution in [2.24, 2.45) is 0 Å². The molecular formula is C9H14N2O. The van der Waals surface area contributed by atoms with Gasteiger partial charge in [0, 0.05) is 25.4 Å². The Morgan fingerprint density at radius 2 is 2.33 bits per heavy atom. The van der Waals surface area contributed by atoms with Gasteiger partial charge in [0.2, 0.25) is 0 Å². The minimum absolute atomic E-state index is 0.399. The van der Waals surface area contributed by atoms with E-state index in [0.717, 1.165) is 36.9 Å². The Hall–Kier alpha value is -0.830. The predicted molar refractivity (Wildman–Crippen MR) is 46.0 cm³/mol. The minimum atomic E-state index is 0.399. The lowest BCUT2D eigenvalue weighted by Gasteiger charge is -2.08. The lowest BCUT2D eigenvalue weighted by molar-refractivity contribution is 0.423. The highest BCUT2D eigenvalue weighted by atomic mass is 16.4. The summed E-state index contributed by atoms with van der Waals surface area (Å²) in [5, 5.41) is 3.27. The Morgan fingerprint density at radius 1 is 1.50 bits per heavy atom. The van der Waals surface area contributed by atoms with Crippen LogP contribution in [0.4, 0.5) is 0 Å². The van der Waals surface area contributed by atoms with Gasteiger partial charge in [0.05, 0.1) is 5.69 Å². The summed E-state index contributed by atoms with van der Waals surface area (Å²) in [4.78, 5) is 4.42. The van der Waals surface area contributed by atoms with Crippen molar-refractivity contribution in [3.8, 4) is 0 Å². The molecule has 0 atom stereocenters. The van der Waals surface area contributed by atoms with Gasteiger partial charge in [-0.1, -0.05) is 13.8 Å². The van der Waals surface area contributed by atoms with Crippen molar-refractivity contribution >= 4 is 0 Å². The van der Waals surface area contributed by atoms with E-state index in [9.17, 15) is 0 Å². The first-order chi connectivity index (χ1) is 5.77. The van der Waals surface area contributed by atoms with Crippen LogP contribution in [0.25, 0.3) is 0 Å². The largest absolute Gasteiger partial charge is 0.445 e. The molecule has 1 N–H and O–H groups in total. The summed E-state index contributed by atoms with van der Waals surface area (Å²) in [6.45, 7) is 6.08. The molecule has 0 unspecified atom stereocenters. The molecule has 12 heavy (non-hydrogen) atoms. The first kappa shape index (κ1) is 7.80. The summed E-state index contributed by atoms with van der Waals surface area (Å²) in [5.41, 5.74) is 1.10. The molecule has 0 aliphatic carbocycles. The molecule has 3 heteroatoms. The smallest absolute Gasteiger partial charge is 0.197 e. The number of aromatic nitrogens is 1. The van der Waals surface area contributed by atoms with Crippen LogP contribution >= 0.6 is 0 Å². The molecule has 0 amide bonds. The van der Waals surface area contributed by atoms with E-state index in [4.69, 9.17) is 4.42 Å². The number of oxazole rings is 1. The fourth-order valence-corrected chi connectivity index (χ4v) is 1.39. The maximum Gasteiger partial charge on any atom is 0.197 e. The molecule has 66 valence electrons. The van der Waals surface area contributed by atoms with Crippen LogP contribution in [0.5, 0.6) is 0 Å². The zero-order valence-electron chi connectivity index (χ0n) is 7.55. The molecule has 1 aliphatic heterocycles. The fourth-order valence-electron chi connectivity index (χ4n) is 1.39. The summed E-state index contributed by atoms with van der Waals surface area (Å²) < 4.78 is 5.62. The van der Waals surface area contributed by atoms with Crippen molar-refractivity contribution in [2.45, 2.75) is 32.7 Å². The summed E-state index contributed by atoms with van der Waals surface area (Å²) in [5.74, 6) is 2.36. The van der Waals surface area contributed by atoms with Crippen molar-refractivity contribution in [3.05, 3.63) is 17.3 Å². The van der Waals surface area contributed by atoms with Gasteiger partial charge in [-0.15, -0.1) is 0 Å². The van der Waals surface area contributed by atoms with Crippen molar-refractivity contribution in [2.75, 3.05) is 6.54 Å². The molecule has 1 aliphatic rings. The number of hydrogen-bond acceptors (Lipinski definition) is 3. The Labute approximate surface area is 72.2 Å². The van der Waals surface area contributed by atoms with Gasteiger partial charge < -0.3 is 9.73 Å². The van der Waals surface area contributed by atoms with Gasteiger partial charge in [0.25, 0.3) is 0 Å². The van der Waals surface area contributed by atoms with Crippen LogP contribution in [0.3, 0.4) is 0 Å². The van der Waals surface area contributed by atoms with Gasteiger partial charge in [-0.05, 0) is 0 Å². The lowest BCUT2D eigenvalue weighted by Crippen LogP contribution is -2.22. The monoisotopic (exact) mass is 166 g/mol. The van der Waals surface area contributed by atoms with E-state index in [0.29, 0.717) is 5.92 Å². The first-order valence-corrected chi connectivity index (χ1v) is 4.46. The molecule has 0 fully saturated rings. The van der Waals surface area contributed by atoms with E-state index < -0.39 is 0 Å². The fraction of sp³-hybridized carbons (Fsp3) is 0.667. The van der Waals surface area contributed by atoms with Gasteiger partial charge >= 0.3 is 0 Å². The van der Waals surface area contributed by atoms with Crippen LogP contribution in [0.2, 0.25) is 0 Å². The summed E-state index contributed by atoms with van der Waals surface area (Å²) in [6, 6.07) is 0. The van der Waals surface area contributed by atoms with Crippen LogP contribution in [0.15, 0.2) is 4.42 Å². The van der Waals surface area contributed by atoms with Gasteiger partial charge in [-0.3, -0.25) is 0 Å². The minimum Gasteiger partial charge on any atom is -0.445 e. The van der Waals surface area contributed by atoms with Crippen molar-refractivity contribution in [1.82, 2.24) is 10.3 Å². The maximum absolute atomic E-state index is 5.62. The highest BCUT2D eigenvalue weighted by Gasteiger charge is 2.17. The quantitative estimate of drug-likeness (QED) is 0.686. The van der Waals surface area contributed by atoms with E-state index >= 15 is 0 Å². The summed E-state index contributed by atoms with van der Waals surface area (Å²) >= 11 is 0. The Bertz CT molecular complexity index is 255. The molecule has 0 spiro atoms. The third-order valence-electron chi connectivity index (χ3n) is 2.11. The Balaban J connectivity index is 2.32. The average Bonchev–Trinajstić information content (AvgIpc) is 2.46. The van der Waals surface area contributed by atoms with Gasteiger partial charge in [0.15, 0.2) is 5.89 Å². The normalized spacial score (nSPS) is 16.6. The van der Waals surface area contributed by atoms with E-state index in [2.05, 4.69) is 24.1 Å². The standard InChI is InChI=1S/C9H14N2O/c1-6(2)9-11-7-5-10-4-3-8(7)12-9/h6,10H,3-5H2,1-2H3. The number of fused-ring (bicyclic) bond motifs is 1. The maximum atomic E-state index is 5.62. The topological polar surface area (TPSA) is 38.1 Å². The summed E-state index contributed by atoms with van der Waals surface area (Å²) in [7, 11) is 0. The number of hydrogen-bond donors (Lipinski definition) is 1. The molecule has 1 aromatic rings. The molecule has 1 aromatic heterocycles. The van der Waals surface area contributed by atoms with Crippen LogP contribution in [-0.4, -0.2) is 11.5 Å². The number of nitrogens with one attached hydrogen (secondary N) is 1. The van der Waals surface area contributed by atoms with E-state index in [1.807, 2.05) is 0 Å². The SMILES string of the molecule is CC(C)c1nc2c(o1)CCNC2. The lowest BCUT2D eigenvalue weighted by atomic mass is 10.2. The molecule has 0 radical (unpaired) electrons. The molecule has 3 nitrogen and oxygen atoms in total. The molecule has 0 saturated carbocycles. The third kappa shape index (κ3) is 1.25.